The van der Waals surface area contributed by atoms with Crippen molar-refractivity contribution in [2.24, 2.45) is 0 Å². The predicted molar refractivity (Wildman–Crippen MR) is 63.2 cm³/mol. The van der Waals surface area contributed by atoms with Crippen LogP contribution < -0.4 is 0 Å². The molecule has 0 aliphatic carbocycles. The summed E-state index contributed by atoms with van der Waals surface area (Å²) in [6.45, 7) is 1.27. The van der Waals surface area contributed by atoms with E-state index in [1.807, 2.05) is 0 Å². The average molecular weight is 303 g/mol. The first kappa shape index (κ1) is 12.1. The Morgan fingerprint density at radius 3 is 2.94 bits per heavy atom. The number of nitrogens with zero attached hydrogens (tertiary/aromatic N) is 2. The second kappa shape index (κ2) is 4.87. The highest BCUT2D eigenvalue weighted by Crippen LogP contribution is 2.21. The zero-order valence-electron chi connectivity index (χ0n) is 8.97. The average Bonchev–Trinajstić information content (AvgIpc) is 2.77. The molecule has 0 spiro atoms. The third-order valence-corrected chi connectivity index (χ3v) is 3.38. The number of amides is 1. The zero-order valence-corrected chi connectivity index (χ0v) is 10.6. The van der Waals surface area contributed by atoms with Gasteiger partial charge in [-0.3, -0.25) is 14.9 Å². The van der Waals surface area contributed by atoms with E-state index in [0.717, 1.165) is 12.8 Å². The number of likely N-dealkylation sites (tertiary alicyclic amines) is 1. The molecule has 1 fully saturated rings. The van der Waals surface area contributed by atoms with Crippen molar-refractivity contribution in [2.75, 3.05) is 13.1 Å². The number of carbonyl (C=O) groups excluding carboxylic acids is 1. The second-order valence-electron chi connectivity index (χ2n) is 3.89. The molecule has 1 aliphatic heterocycles. The molecule has 2 heterocycles. The Kier molecular flexibility index (Phi) is 3.46. The third kappa shape index (κ3) is 2.66. The zero-order chi connectivity index (χ0) is 12.4. The van der Waals surface area contributed by atoms with Crippen LogP contribution in [0.2, 0.25) is 0 Å². The molecule has 1 unspecified atom stereocenters. The molecule has 2 rings (SSSR count). The maximum atomic E-state index is 12.0. The summed E-state index contributed by atoms with van der Waals surface area (Å²) in [4.78, 5) is 23.7. The summed E-state index contributed by atoms with van der Waals surface area (Å²) in [7, 11) is 0. The molecule has 1 aliphatic rings. The first-order valence-electron chi connectivity index (χ1n) is 5.25. The highest BCUT2D eigenvalue weighted by atomic mass is 79.9. The molecule has 17 heavy (non-hydrogen) atoms. The number of nitro groups is 1. The summed E-state index contributed by atoms with van der Waals surface area (Å²) < 4.78 is 4.89. The second-order valence-corrected chi connectivity index (χ2v) is 5.18. The van der Waals surface area contributed by atoms with Gasteiger partial charge in [0.15, 0.2) is 5.76 Å². The van der Waals surface area contributed by atoms with E-state index in [4.69, 9.17) is 4.42 Å². The van der Waals surface area contributed by atoms with E-state index in [2.05, 4.69) is 15.9 Å². The summed E-state index contributed by atoms with van der Waals surface area (Å²) in [5.41, 5.74) is 0. The number of piperidine rings is 1. The number of alkyl halides is 1. The molecule has 0 aromatic carbocycles. The molecule has 1 aromatic rings. The van der Waals surface area contributed by atoms with Crippen LogP contribution in [-0.4, -0.2) is 33.6 Å². The van der Waals surface area contributed by atoms with Gasteiger partial charge in [-0.15, -0.1) is 0 Å². The van der Waals surface area contributed by atoms with Gasteiger partial charge in [0.1, 0.15) is 4.92 Å². The lowest BCUT2D eigenvalue weighted by Crippen LogP contribution is -2.40. The van der Waals surface area contributed by atoms with Gasteiger partial charge in [0, 0.05) is 17.9 Å². The Morgan fingerprint density at radius 2 is 2.35 bits per heavy atom. The fourth-order valence-electron chi connectivity index (χ4n) is 1.81. The Morgan fingerprint density at radius 1 is 1.59 bits per heavy atom. The van der Waals surface area contributed by atoms with Crippen LogP contribution in [0.1, 0.15) is 23.4 Å². The van der Waals surface area contributed by atoms with Crippen molar-refractivity contribution >= 4 is 27.7 Å². The van der Waals surface area contributed by atoms with Gasteiger partial charge >= 0.3 is 5.88 Å². The Labute approximate surface area is 106 Å². The van der Waals surface area contributed by atoms with E-state index in [0.29, 0.717) is 13.1 Å². The van der Waals surface area contributed by atoms with Gasteiger partial charge in [-0.05, 0) is 18.9 Å². The van der Waals surface area contributed by atoms with Gasteiger partial charge < -0.3 is 9.32 Å². The van der Waals surface area contributed by atoms with Gasteiger partial charge in [0.05, 0.1) is 6.07 Å². The largest absolute Gasteiger partial charge is 0.433 e. The number of carbonyl (C=O) groups is 1. The van der Waals surface area contributed by atoms with Crippen LogP contribution in [0.15, 0.2) is 16.5 Å². The van der Waals surface area contributed by atoms with Crippen molar-refractivity contribution in [3.05, 3.63) is 28.0 Å². The fraction of sp³-hybridized carbons (Fsp3) is 0.500. The van der Waals surface area contributed by atoms with Crippen molar-refractivity contribution in [1.29, 1.82) is 0 Å². The first-order chi connectivity index (χ1) is 8.08. The van der Waals surface area contributed by atoms with E-state index in [1.165, 1.54) is 12.1 Å². The molecule has 0 bridgehead atoms. The maximum Gasteiger partial charge on any atom is 0.433 e. The molecular formula is C10H11BrN2O4. The van der Waals surface area contributed by atoms with E-state index in [9.17, 15) is 14.9 Å². The predicted octanol–water partition coefficient (Wildman–Crippen LogP) is 2.19. The van der Waals surface area contributed by atoms with Crippen LogP contribution in [0.5, 0.6) is 0 Å². The number of rotatable bonds is 2. The van der Waals surface area contributed by atoms with E-state index in [1.54, 1.807) is 4.90 Å². The number of furan rings is 1. The Hall–Kier alpha value is -1.37. The molecule has 6 nitrogen and oxygen atoms in total. The van der Waals surface area contributed by atoms with Crippen molar-refractivity contribution in [3.8, 4) is 0 Å². The summed E-state index contributed by atoms with van der Waals surface area (Å²) in [5, 5.41) is 10.4. The fourth-order valence-corrected chi connectivity index (χ4v) is 2.48. The lowest BCUT2D eigenvalue weighted by atomic mass is 10.1. The molecule has 1 saturated heterocycles. The Balaban J connectivity index is 2.10. The van der Waals surface area contributed by atoms with Crippen molar-refractivity contribution in [3.63, 3.8) is 0 Å². The van der Waals surface area contributed by atoms with Crippen molar-refractivity contribution in [1.82, 2.24) is 4.90 Å². The van der Waals surface area contributed by atoms with Crippen molar-refractivity contribution in [2.45, 2.75) is 17.7 Å². The molecule has 0 N–H and O–H groups in total. The van der Waals surface area contributed by atoms with Gasteiger partial charge in [-0.1, -0.05) is 15.9 Å². The molecule has 1 amide bonds. The molecule has 1 atom stereocenters. The van der Waals surface area contributed by atoms with Gasteiger partial charge in [-0.2, -0.15) is 0 Å². The molecule has 92 valence electrons. The smallest absolute Gasteiger partial charge is 0.395 e. The van der Waals surface area contributed by atoms with Crippen LogP contribution in [0, 0.1) is 10.1 Å². The number of hydrogen-bond donors (Lipinski definition) is 0. The molecular weight excluding hydrogens is 292 g/mol. The van der Waals surface area contributed by atoms with Crippen LogP contribution in [-0.2, 0) is 0 Å². The van der Waals surface area contributed by atoms with Crippen LogP contribution >= 0.6 is 15.9 Å². The van der Waals surface area contributed by atoms with Crippen LogP contribution in [0.4, 0.5) is 5.88 Å². The summed E-state index contributed by atoms with van der Waals surface area (Å²) >= 11 is 3.47. The maximum absolute atomic E-state index is 12.0. The molecule has 1 aromatic heterocycles. The standard InChI is InChI=1S/C10H11BrN2O4/c11-7-2-1-5-12(6-7)10(14)8-3-4-9(17-8)13(15)16/h3-4,7H,1-2,5-6H2. The third-order valence-electron chi connectivity index (χ3n) is 2.63. The first-order valence-corrected chi connectivity index (χ1v) is 6.17. The van der Waals surface area contributed by atoms with Crippen molar-refractivity contribution < 1.29 is 14.1 Å². The molecule has 7 heteroatoms. The SMILES string of the molecule is O=C(c1ccc([N+](=O)[O-])o1)N1CCCC(Br)C1. The Bertz CT molecular complexity index is 445. The monoisotopic (exact) mass is 302 g/mol. The minimum absolute atomic E-state index is 0.0262. The van der Waals surface area contributed by atoms with E-state index >= 15 is 0 Å². The highest BCUT2D eigenvalue weighted by molar-refractivity contribution is 9.09. The van der Waals surface area contributed by atoms with Gasteiger partial charge in [-0.25, -0.2) is 0 Å². The summed E-state index contributed by atoms with van der Waals surface area (Å²) in [6, 6.07) is 2.54. The molecule has 0 saturated carbocycles. The van der Waals surface area contributed by atoms with Crippen LogP contribution in [0.3, 0.4) is 0 Å². The highest BCUT2D eigenvalue weighted by Gasteiger charge is 2.26. The lowest BCUT2D eigenvalue weighted by Gasteiger charge is -2.29. The quantitative estimate of drug-likeness (QED) is 0.477. The van der Waals surface area contributed by atoms with Gasteiger partial charge in [0.25, 0.3) is 5.91 Å². The normalized spacial score (nSPS) is 20.3. The summed E-state index contributed by atoms with van der Waals surface area (Å²) in [6.07, 6.45) is 1.95. The number of halogens is 1. The van der Waals surface area contributed by atoms with E-state index in [-0.39, 0.29) is 16.5 Å². The van der Waals surface area contributed by atoms with E-state index < -0.39 is 10.8 Å². The number of hydrogen-bond acceptors (Lipinski definition) is 4. The van der Waals surface area contributed by atoms with Crippen LogP contribution in [0.25, 0.3) is 0 Å². The topological polar surface area (TPSA) is 76.6 Å². The molecule has 0 radical (unpaired) electrons. The minimum atomic E-state index is -0.653. The lowest BCUT2D eigenvalue weighted by molar-refractivity contribution is -0.402. The summed E-state index contributed by atoms with van der Waals surface area (Å²) in [5.74, 6) is -0.665. The van der Waals surface area contributed by atoms with Gasteiger partial charge in [0.2, 0.25) is 0 Å². The minimum Gasteiger partial charge on any atom is -0.395 e.